The minimum absolute atomic E-state index is 0. The first-order valence-electron chi connectivity index (χ1n) is 8.31. The highest BCUT2D eigenvalue weighted by Crippen LogP contribution is 2.29. The molecule has 2 heterocycles. The minimum Gasteiger partial charge on any atom is -0.496 e. The normalized spacial score (nSPS) is 25.6. The Morgan fingerprint density at radius 2 is 1.91 bits per heavy atom. The number of hydrogen-bond donors (Lipinski definition) is 1. The van der Waals surface area contributed by atoms with Crippen LogP contribution in [0, 0.1) is 0 Å². The van der Waals surface area contributed by atoms with Crippen molar-refractivity contribution in [2.75, 3.05) is 14.2 Å². The zero-order valence-corrected chi connectivity index (χ0v) is 14.8. The van der Waals surface area contributed by atoms with Crippen LogP contribution in [-0.4, -0.2) is 43.1 Å². The van der Waals surface area contributed by atoms with Crippen LogP contribution < -0.4 is 10.1 Å². The smallest absolute Gasteiger partial charge is 0.222 e. The van der Waals surface area contributed by atoms with E-state index in [1.807, 2.05) is 36.2 Å². The van der Waals surface area contributed by atoms with Crippen molar-refractivity contribution < 1.29 is 9.53 Å². The fourth-order valence-corrected chi connectivity index (χ4v) is 3.87. The molecule has 5 heteroatoms. The van der Waals surface area contributed by atoms with Gasteiger partial charge in [-0.05, 0) is 43.7 Å². The standard InChI is InChI=1S/C18H26N2O2.ClH/c1-20(16-11-14-8-9-15(12-16)19-14)18(21)10-7-13-5-3-4-6-17(13)22-2;/h3-6,14-16,19H,7-12H2,1-2H3;1H. The van der Waals surface area contributed by atoms with Crippen molar-refractivity contribution in [3.05, 3.63) is 29.8 Å². The first-order chi connectivity index (χ1) is 10.7. The lowest BCUT2D eigenvalue weighted by atomic mass is 9.98. The van der Waals surface area contributed by atoms with Gasteiger partial charge in [-0.2, -0.15) is 0 Å². The molecule has 2 bridgehead atoms. The number of piperidine rings is 1. The van der Waals surface area contributed by atoms with Gasteiger partial charge in [0.25, 0.3) is 0 Å². The van der Waals surface area contributed by atoms with Gasteiger partial charge in [0.2, 0.25) is 5.91 Å². The van der Waals surface area contributed by atoms with Crippen LogP contribution in [0.2, 0.25) is 0 Å². The second-order valence-corrected chi connectivity index (χ2v) is 6.58. The molecule has 1 N–H and O–H groups in total. The quantitative estimate of drug-likeness (QED) is 0.897. The van der Waals surface area contributed by atoms with Gasteiger partial charge in [-0.15, -0.1) is 12.4 Å². The highest BCUT2D eigenvalue weighted by molar-refractivity contribution is 5.85. The average Bonchev–Trinajstić information content (AvgIpc) is 2.90. The predicted molar refractivity (Wildman–Crippen MR) is 94.3 cm³/mol. The van der Waals surface area contributed by atoms with Crippen molar-refractivity contribution in [1.82, 2.24) is 10.2 Å². The van der Waals surface area contributed by atoms with Crippen LogP contribution in [0.4, 0.5) is 0 Å². The fourth-order valence-electron chi connectivity index (χ4n) is 3.87. The van der Waals surface area contributed by atoms with Crippen molar-refractivity contribution >= 4 is 18.3 Å². The van der Waals surface area contributed by atoms with Crippen LogP contribution in [-0.2, 0) is 11.2 Å². The molecule has 1 aromatic carbocycles. The highest BCUT2D eigenvalue weighted by atomic mass is 35.5. The summed E-state index contributed by atoms with van der Waals surface area (Å²) in [6.45, 7) is 0. The summed E-state index contributed by atoms with van der Waals surface area (Å²) < 4.78 is 5.36. The molecule has 2 fully saturated rings. The molecular formula is C18H27ClN2O2. The number of para-hydroxylation sites is 1. The lowest BCUT2D eigenvalue weighted by Crippen LogP contribution is -2.48. The summed E-state index contributed by atoms with van der Waals surface area (Å²) in [7, 11) is 3.65. The summed E-state index contributed by atoms with van der Waals surface area (Å²) in [6, 6.07) is 9.59. The molecule has 0 spiro atoms. The number of nitrogens with zero attached hydrogens (tertiary/aromatic N) is 1. The average molecular weight is 339 g/mol. The van der Waals surface area contributed by atoms with Crippen molar-refractivity contribution in [3.63, 3.8) is 0 Å². The molecule has 23 heavy (non-hydrogen) atoms. The number of aryl methyl sites for hydroxylation is 1. The largest absolute Gasteiger partial charge is 0.496 e. The number of carbonyl (C=O) groups is 1. The molecule has 0 saturated carbocycles. The van der Waals surface area contributed by atoms with E-state index in [0.717, 1.165) is 30.6 Å². The van der Waals surface area contributed by atoms with Crippen LogP contribution in [0.5, 0.6) is 5.75 Å². The third-order valence-corrected chi connectivity index (χ3v) is 5.19. The molecule has 2 saturated heterocycles. The maximum atomic E-state index is 12.5. The van der Waals surface area contributed by atoms with Gasteiger partial charge in [0.05, 0.1) is 7.11 Å². The summed E-state index contributed by atoms with van der Waals surface area (Å²) in [5.41, 5.74) is 1.11. The van der Waals surface area contributed by atoms with Gasteiger partial charge in [0, 0.05) is 31.6 Å². The molecule has 2 unspecified atom stereocenters. The fraction of sp³-hybridized carbons (Fsp3) is 0.611. The number of amides is 1. The van der Waals surface area contributed by atoms with Crippen LogP contribution in [0.25, 0.3) is 0 Å². The Hall–Kier alpha value is -1.26. The summed E-state index contributed by atoms with van der Waals surface area (Å²) in [5.74, 6) is 1.12. The van der Waals surface area contributed by atoms with Gasteiger partial charge in [-0.25, -0.2) is 0 Å². The Morgan fingerprint density at radius 1 is 1.26 bits per heavy atom. The van der Waals surface area contributed by atoms with Gasteiger partial charge in [0.15, 0.2) is 0 Å². The van der Waals surface area contributed by atoms with E-state index in [4.69, 9.17) is 4.74 Å². The van der Waals surface area contributed by atoms with Gasteiger partial charge in [0.1, 0.15) is 5.75 Å². The number of ether oxygens (including phenoxy) is 1. The minimum atomic E-state index is 0. The molecule has 3 rings (SSSR count). The topological polar surface area (TPSA) is 41.6 Å². The number of benzene rings is 1. The molecule has 2 aliphatic rings. The molecule has 4 nitrogen and oxygen atoms in total. The lowest BCUT2D eigenvalue weighted by Gasteiger charge is -2.35. The number of halogens is 1. The molecule has 0 radical (unpaired) electrons. The van der Waals surface area contributed by atoms with Gasteiger partial charge in [-0.3, -0.25) is 4.79 Å². The van der Waals surface area contributed by atoms with E-state index in [1.165, 1.54) is 12.8 Å². The van der Waals surface area contributed by atoms with E-state index >= 15 is 0 Å². The summed E-state index contributed by atoms with van der Waals surface area (Å²) in [5, 5.41) is 3.63. The third-order valence-electron chi connectivity index (χ3n) is 5.19. The Balaban J connectivity index is 0.00000192. The maximum absolute atomic E-state index is 12.5. The van der Waals surface area contributed by atoms with Crippen molar-refractivity contribution in [2.24, 2.45) is 0 Å². The van der Waals surface area contributed by atoms with Gasteiger partial charge < -0.3 is 15.0 Å². The lowest BCUT2D eigenvalue weighted by molar-refractivity contribution is -0.132. The van der Waals surface area contributed by atoms with Crippen LogP contribution in [0.1, 0.15) is 37.7 Å². The summed E-state index contributed by atoms with van der Waals surface area (Å²) >= 11 is 0. The second kappa shape index (κ2) is 8.02. The Kier molecular flexibility index (Phi) is 6.31. The summed E-state index contributed by atoms with van der Waals surface area (Å²) in [6.07, 6.45) is 6.04. The van der Waals surface area contributed by atoms with Crippen molar-refractivity contribution in [1.29, 1.82) is 0 Å². The van der Waals surface area contributed by atoms with Crippen LogP contribution in [0.15, 0.2) is 24.3 Å². The van der Waals surface area contributed by atoms with E-state index in [0.29, 0.717) is 24.5 Å². The zero-order chi connectivity index (χ0) is 15.5. The Morgan fingerprint density at radius 3 is 2.57 bits per heavy atom. The molecule has 0 aromatic heterocycles. The van der Waals surface area contributed by atoms with E-state index in [-0.39, 0.29) is 18.3 Å². The molecule has 128 valence electrons. The number of methoxy groups -OCH3 is 1. The Bertz CT molecular complexity index is 526. The Labute approximate surface area is 145 Å². The first kappa shape index (κ1) is 18.1. The van der Waals surface area contributed by atoms with Gasteiger partial charge in [-0.1, -0.05) is 18.2 Å². The number of nitrogens with one attached hydrogen (secondary N) is 1. The monoisotopic (exact) mass is 338 g/mol. The van der Waals surface area contributed by atoms with Crippen LogP contribution in [0.3, 0.4) is 0 Å². The van der Waals surface area contributed by atoms with E-state index < -0.39 is 0 Å². The van der Waals surface area contributed by atoms with Crippen molar-refractivity contribution in [3.8, 4) is 5.75 Å². The van der Waals surface area contributed by atoms with Crippen LogP contribution >= 0.6 is 12.4 Å². The predicted octanol–water partition coefficient (Wildman–Crippen LogP) is 2.79. The van der Waals surface area contributed by atoms with E-state index in [1.54, 1.807) is 7.11 Å². The number of hydrogen-bond acceptors (Lipinski definition) is 3. The van der Waals surface area contributed by atoms with E-state index in [2.05, 4.69) is 5.32 Å². The highest BCUT2D eigenvalue weighted by Gasteiger charge is 2.36. The number of rotatable bonds is 5. The second-order valence-electron chi connectivity index (χ2n) is 6.58. The molecule has 1 amide bonds. The third kappa shape index (κ3) is 4.18. The molecule has 2 aliphatic heterocycles. The van der Waals surface area contributed by atoms with Gasteiger partial charge >= 0.3 is 0 Å². The molecule has 1 aromatic rings. The molecule has 0 aliphatic carbocycles. The SMILES string of the molecule is COc1ccccc1CCC(=O)N(C)C1CC2CCC(C1)N2.Cl. The molecule has 2 atom stereocenters. The molecular weight excluding hydrogens is 312 g/mol. The van der Waals surface area contributed by atoms with Crippen molar-refractivity contribution in [2.45, 2.75) is 56.7 Å². The van der Waals surface area contributed by atoms with E-state index in [9.17, 15) is 4.79 Å². The number of carbonyl (C=O) groups excluding carboxylic acids is 1. The first-order valence-corrected chi connectivity index (χ1v) is 8.31. The zero-order valence-electron chi connectivity index (χ0n) is 14.0. The number of fused-ring (bicyclic) bond motifs is 2. The maximum Gasteiger partial charge on any atom is 0.222 e. The summed E-state index contributed by atoms with van der Waals surface area (Å²) in [4.78, 5) is 14.5.